The molecular weight excluding hydrogens is 563 g/mol. The Hall–Kier alpha value is -3.94. The number of esters is 1. The second kappa shape index (κ2) is 10.2. The fourth-order valence-electron chi connectivity index (χ4n) is 3.10. The number of fused-ring (bicyclic) bond motifs is 1. The van der Waals surface area contributed by atoms with Crippen molar-refractivity contribution in [2.24, 2.45) is 5.92 Å². The van der Waals surface area contributed by atoms with Gasteiger partial charge in [0.2, 0.25) is 12.1 Å². The first-order valence-electron chi connectivity index (χ1n) is 10.8. The van der Waals surface area contributed by atoms with E-state index >= 15 is 0 Å². The smallest absolute Gasteiger partial charge is 0.453 e. The van der Waals surface area contributed by atoms with E-state index in [9.17, 15) is 22.8 Å². The van der Waals surface area contributed by atoms with Gasteiger partial charge in [0.25, 0.3) is 5.91 Å². The van der Waals surface area contributed by atoms with Crippen molar-refractivity contribution >= 4 is 44.5 Å². The molecule has 1 amide bonds. The molecule has 37 heavy (non-hydrogen) atoms. The summed E-state index contributed by atoms with van der Waals surface area (Å²) in [7, 11) is 0. The van der Waals surface area contributed by atoms with Crippen LogP contribution in [0.1, 0.15) is 37.4 Å². The lowest BCUT2D eigenvalue weighted by Crippen LogP contribution is -2.20. The van der Waals surface area contributed by atoms with Gasteiger partial charge in [-0.05, 0) is 64.5 Å². The Kier molecular flexibility index (Phi) is 7.21. The van der Waals surface area contributed by atoms with Crippen molar-refractivity contribution in [3.05, 3.63) is 52.5 Å². The number of anilines is 1. The normalized spacial score (nSPS) is 12.5. The van der Waals surface area contributed by atoms with Gasteiger partial charge < -0.3 is 19.2 Å². The summed E-state index contributed by atoms with van der Waals surface area (Å²) in [6, 6.07) is 10.0. The van der Waals surface area contributed by atoms with Crippen molar-refractivity contribution in [3.8, 4) is 17.3 Å². The molecule has 0 radical (unpaired) electrons. The molecule has 0 aliphatic rings. The van der Waals surface area contributed by atoms with Crippen LogP contribution in [0.25, 0.3) is 22.6 Å². The second-order valence-corrected chi connectivity index (χ2v) is 8.99. The van der Waals surface area contributed by atoms with Gasteiger partial charge in [-0.25, -0.2) is 0 Å². The number of benzene rings is 2. The molecule has 1 unspecified atom stereocenters. The first-order chi connectivity index (χ1) is 17.4. The minimum absolute atomic E-state index is 0.0163. The molecule has 0 saturated carbocycles. The maximum Gasteiger partial charge on any atom is 0.573 e. The monoisotopic (exact) mass is 581 g/mol. The predicted molar refractivity (Wildman–Crippen MR) is 127 cm³/mol. The lowest BCUT2D eigenvalue weighted by atomic mass is 10.1. The summed E-state index contributed by atoms with van der Waals surface area (Å²) in [5.41, 5.74) is 0.860. The summed E-state index contributed by atoms with van der Waals surface area (Å²) in [5.74, 6) is -1.23. The number of amides is 1. The van der Waals surface area contributed by atoms with Crippen LogP contribution in [-0.2, 0) is 9.53 Å². The number of hydrogen-bond acceptors (Lipinski definition) is 8. The van der Waals surface area contributed by atoms with Crippen LogP contribution in [-0.4, -0.2) is 38.4 Å². The minimum atomic E-state index is -4.84. The Bertz CT molecular complexity index is 1470. The number of nitrogens with zero attached hydrogens (tertiary/aromatic N) is 4. The summed E-state index contributed by atoms with van der Waals surface area (Å²) in [6.45, 7) is 5.02. The molecule has 10 nitrogen and oxygen atoms in total. The molecule has 0 fully saturated rings. The minimum Gasteiger partial charge on any atom is -0.453 e. The van der Waals surface area contributed by atoms with Crippen LogP contribution in [0.2, 0.25) is 0 Å². The number of alkyl halides is 3. The van der Waals surface area contributed by atoms with Crippen LogP contribution in [0, 0.1) is 5.92 Å². The highest BCUT2D eigenvalue weighted by Gasteiger charge is 2.32. The Morgan fingerprint density at radius 1 is 1.11 bits per heavy atom. The second-order valence-electron chi connectivity index (χ2n) is 8.13. The van der Waals surface area contributed by atoms with E-state index in [2.05, 4.69) is 41.4 Å². The molecular formula is C23H19BrF3N5O5. The van der Waals surface area contributed by atoms with E-state index in [-0.39, 0.29) is 33.2 Å². The third-order valence-electron chi connectivity index (χ3n) is 4.93. The van der Waals surface area contributed by atoms with E-state index < -0.39 is 30.2 Å². The molecule has 0 aliphatic carbocycles. The molecule has 4 rings (SSSR count). The van der Waals surface area contributed by atoms with Crippen molar-refractivity contribution in [2.75, 3.05) is 5.32 Å². The number of nitrogens with one attached hydrogen (secondary N) is 1. The lowest BCUT2D eigenvalue weighted by molar-refractivity contribution is -0.274. The molecule has 1 N–H and O–H groups in total. The number of tetrazole rings is 1. The molecule has 14 heteroatoms. The summed E-state index contributed by atoms with van der Waals surface area (Å²) in [6.07, 6.45) is -5.61. The zero-order valence-corrected chi connectivity index (χ0v) is 21.1. The Morgan fingerprint density at radius 3 is 2.54 bits per heavy atom. The molecule has 0 aliphatic heterocycles. The van der Waals surface area contributed by atoms with Gasteiger partial charge in [0.05, 0.1) is 10.4 Å². The highest BCUT2D eigenvalue weighted by Crippen LogP contribution is 2.33. The summed E-state index contributed by atoms with van der Waals surface area (Å²) >= 11 is 3.00. The molecule has 0 saturated heterocycles. The van der Waals surface area contributed by atoms with Gasteiger partial charge in [-0.3, -0.25) is 9.59 Å². The van der Waals surface area contributed by atoms with E-state index in [4.69, 9.17) is 9.15 Å². The zero-order chi connectivity index (χ0) is 26.9. The standard InChI is InChI=1S/C23H19BrF3N5O5/c1-11(2)22(34)35-12(3)32-30-20(29-31-32)19-8-13-4-5-14(9-18(13)36-19)21(33)28-15-6-7-17(16(24)10-15)37-23(25,26)27/h4-12H,1-3H3,(H,28,33). The third-order valence-corrected chi connectivity index (χ3v) is 5.55. The summed E-state index contributed by atoms with van der Waals surface area (Å²) in [4.78, 5) is 25.7. The predicted octanol–water partition coefficient (Wildman–Crippen LogP) is 5.72. The number of ether oxygens (including phenoxy) is 2. The quantitative estimate of drug-likeness (QED) is 0.275. The molecule has 2 aromatic carbocycles. The van der Waals surface area contributed by atoms with Gasteiger partial charge in [-0.15, -0.1) is 28.2 Å². The van der Waals surface area contributed by atoms with Crippen LogP contribution in [0.3, 0.4) is 0 Å². The fourth-order valence-corrected chi connectivity index (χ4v) is 3.56. The number of aromatic nitrogens is 4. The highest BCUT2D eigenvalue weighted by molar-refractivity contribution is 9.10. The number of rotatable bonds is 7. The first-order valence-corrected chi connectivity index (χ1v) is 11.6. The third kappa shape index (κ3) is 6.25. The van der Waals surface area contributed by atoms with Crippen molar-refractivity contribution in [2.45, 2.75) is 33.4 Å². The first kappa shape index (κ1) is 26.1. The molecule has 0 bridgehead atoms. The van der Waals surface area contributed by atoms with Crippen LogP contribution in [0.4, 0.5) is 18.9 Å². The van der Waals surface area contributed by atoms with Gasteiger partial charge in [0, 0.05) is 16.6 Å². The van der Waals surface area contributed by atoms with Crippen molar-refractivity contribution in [1.29, 1.82) is 0 Å². The molecule has 194 valence electrons. The fraction of sp³-hybridized carbons (Fsp3) is 0.261. The summed E-state index contributed by atoms with van der Waals surface area (Å²) < 4.78 is 52.3. The van der Waals surface area contributed by atoms with Crippen LogP contribution < -0.4 is 10.1 Å². The van der Waals surface area contributed by atoms with Crippen LogP contribution >= 0.6 is 15.9 Å². The molecule has 2 aromatic heterocycles. The number of carbonyl (C=O) groups is 2. The highest BCUT2D eigenvalue weighted by atomic mass is 79.9. The Labute approximate surface area is 215 Å². The van der Waals surface area contributed by atoms with Gasteiger partial charge in [0.1, 0.15) is 11.3 Å². The SMILES string of the molecule is CC(C)C(=O)OC(C)n1nnc(-c2cc3ccc(C(=O)Nc4ccc(OC(F)(F)F)c(Br)c4)cc3o2)n1. The van der Waals surface area contributed by atoms with E-state index in [1.54, 1.807) is 39.0 Å². The van der Waals surface area contributed by atoms with Gasteiger partial charge in [0.15, 0.2) is 5.76 Å². The summed E-state index contributed by atoms with van der Waals surface area (Å²) in [5, 5.41) is 15.3. The lowest BCUT2D eigenvalue weighted by Gasteiger charge is -2.12. The maximum atomic E-state index is 12.7. The number of furan rings is 1. The van der Waals surface area contributed by atoms with Crippen molar-refractivity contribution in [3.63, 3.8) is 0 Å². The van der Waals surface area contributed by atoms with Gasteiger partial charge in [-0.1, -0.05) is 19.9 Å². The topological polar surface area (TPSA) is 121 Å². The number of halogens is 4. The van der Waals surface area contributed by atoms with E-state index in [1.807, 2.05) is 0 Å². The van der Waals surface area contributed by atoms with Crippen LogP contribution in [0.15, 0.2) is 51.4 Å². The van der Waals surface area contributed by atoms with Crippen molar-refractivity contribution in [1.82, 2.24) is 20.2 Å². The number of hydrogen-bond donors (Lipinski definition) is 1. The Morgan fingerprint density at radius 2 is 1.86 bits per heavy atom. The molecule has 2 heterocycles. The van der Waals surface area contributed by atoms with E-state index in [1.165, 1.54) is 18.2 Å². The van der Waals surface area contributed by atoms with E-state index in [0.717, 1.165) is 10.9 Å². The average molecular weight is 582 g/mol. The van der Waals surface area contributed by atoms with Crippen LogP contribution in [0.5, 0.6) is 5.75 Å². The van der Waals surface area contributed by atoms with Crippen molar-refractivity contribution < 1.29 is 36.7 Å². The molecule has 0 spiro atoms. The Balaban J connectivity index is 1.48. The molecule has 4 aromatic rings. The maximum absolute atomic E-state index is 12.7. The van der Waals surface area contributed by atoms with Gasteiger partial charge in [-0.2, -0.15) is 0 Å². The zero-order valence-electron chi connectivity index (χ0n) is 19.5. The largest absolute Gasteiger partial charge is 0.573 e. The van der Waals surface area contributed by atoms with E-state index in [0.29, 0.717) is 11.0 Å². The number of carbonyl (C=O) groups excluding carboxylic acids is 2. The van der Waals surface area contributed by atoms with Gasteiger partial charge >= 0.3 is 12.3 Å². The average Bonchev–Trinajstić information content (AvgIpc) is 3.46. The molecule has 1 atom stereocenters.